The van der Waals surface area contributed by atoms with Crippen LogP contribution in [0.5, 0.6) is 0 Å². The molecule has 1 heterocycles. The normalized spacial score (nSPS) is 10.7. The molecule has 0 aliphatic heterocycles. The maximum atomic E-state index is 4.48. The van der Waals surface area contributed by atoms with Crippen LogP contribution in [0.25, 0.3) is 11.4 Å². The number of nitrogens with zero attached hydrogens (tertiary/aromatic N) is 2. The summed E-state index contributed by atoms with van der Waals surface area (Å²) in [6.45, 7) is 4.07. The molecule has 0 aliphatic carbocycles. The average molecular weight is 229 g/mol. The van der Waals surface area contributed by atoms with Crippen LogP contribution in [0.1, 0.15) is 18.9 Å². The van der Waals surface area contributed by atoms with Crippen molar-refractivity contribution in [2.45, 2.75) is 26.4 Å². The zero-order valence-electron chi connectivity index (χ0n) is 10.5. The van der Waals surface area contributed by atoms with E-state index in [0.717, 1.165) is 25.3 Å². The summed E-state index contributed by atoms with van der Waals surface area (Å²) in [5.74, 6) is 1.07. The summed E-state index contributed by atoms with van der Waals surface area (Å²) in [4.78, 5) is 4.48. The highest BCUT2D eigenvalue weighted by Gasteiger charge is 2.09. The van der Waals surface area contributed by atoms with E-state index in [0.29, 0.717) is 0 Å². The average Bonchev–Trinajstić information content (AvgIpc) is 2.79. The third kappa shape index (κ3) is 2.56. The van der Waals surface area contributed by atoms with Crippen LogP contribution in [0.2, 0.25) is 0 Å². The van der Waals surface area contributed by atoms with Gasteiger partial charge in [0.1, 0.15) is 5.82 Å². The summed E-state index contributed by atoms with van der Waals surface area (Å²) >= 11 is 0. The predicted octanol–water partition coefficient (Wildman–Crippen LogP) is 2.68. The van der Waals surface area contributed by atoms with Gasteiger partial charge in [-0.3, -0.25) is 0 Å². The van der Waals surface area contributed by atoms with Crippen molar-refractivity contribution in [3.8, 4) is 11.4 Å². The number of rotatable bonds is 5. The lowest BCUT2D eigenvalue weighted by atomic mass is 10.1. The second kappa shape index (κ2) is 5.64. The molecule has 0 bridgehead atoms. The Labute approximate surface area is 103 Å². The molecule has 0 saturated heterocycles. The fourth-order valence-corrected chi connectivity index (χ4v) is 2.06. The molecule has 0 saturated carbocycles. The van der Waals surface area contributed by atoms with Gasteiger partial charge in [0.05, 0.1) is 0 Å². The first-order valence-corrected chi connectivity index (χ1v) is 6.10. The molecule has 2 rings (SSSR count). The number of aryl methyl sites for hydroxylation is 1. The van der Waals surface area contributed by atoms with E-state index >= 15 is 0 Å². The summed E-state index contributed by atoms with van der Waals surface area (Å²) in [5.41, 5.74) is 2.51. The maximum absolute atomic E-state index is 4.48. The van der Waals surface area contributed by atoms with Crippen LogP contribution in [-0.2, 0) is 13.1 Å². The van der Waals surface area contributed by atoms with Crippen molar-refractivity contribution in [3.63, 3.8) is 0 Å². The molecule has 2 aromatic rings. The quantitative estimate of drug-likeness (QED) is 0.854. The summed E-state index contributed by atoms with van der Waals surface area (Å²) < 4.78 is 2.22. The molecule has 0 unspecified atom stereocenters. The van der Waals surface area contributed by atoms with E-state index in [2.05, 4.69) is 52.3 Å². The summed E-state index contributed by atoms with van der Waals surface area (Å²) in [6.07, 6.45) is 5.05. The van der Waals surface area contributed by atoms with E-state index < -0.39 is 0 Å². The smallest absolute Gasteiger partial charge is 0.140 e. The van der Waals surface area contributed by atoms with Gasteiger partial charge < -0.3 is 9.88 Å². The molecule has 1 aromatic heterocycles. The Morgan fingerprint density at radius 1 is 1.29 bits per heavy atom. The molecule has 0 radical (unpaired) electrons. The second-order valence-corrected chi connectivity index (χ2v) is 4.13. The number of hydrogen-bond acceptors (Lipinski definition) is 2. The summed E-state index contributed by atoms with van der Waals surface area (Å²) in [5, 5.41) is 3.20. The highest BCUT2D eigenvalue weighted by Crippen LogP contribution is 2.22. The fourth-order valence-electron chi connectivity index (χ4n) is 2.06. The van der Waals surface area contributed by atoms with Gasteiger partial charge in [-0.2, -0.15) is 0 Å². The van der Waals surface area contributed by atoms with Crippen molar-refractivity contribution >= 4 is 0 Å². The lowest BCUT2D eigenvalue weighted by molar-refractivity contribution is 0.684. The third-order valence-corrected chi connectivity index (χ3v) is 2.81. The van der Waals surface area contributed by atoms with Crippen LogP contribution >= 0.6 is 0 Å². The Kier molecular flexibility index (Phi) is 3.94. The van der Waals surface area contributed by atoms with Crippen molar-refractivity contribution in [1.29, 1.82) is 0 Å². The number of aromatic nitrogens is 2. The lowest BCUT2D eigenvalue weighted by Gasteiger charge is -2.10. The van der Waals surface area contributed by atoms with Gasteiger partial charge in [0, 0.05) is 31.0 Å². The van der Waals surface area contributed by atoms with E-state index in [1.807, 2.05) is 13.2 Å². The SMILES string of the molecule is CCCn1ccnc1-c1ccccc1CNC. The zero-order chi connectivity index (χ0) is 12.1. The van der Waals surface area contributed by atoms with Gasteiger partial charge in [-0.05, 0) is 19.0 Å². The highest BCUT2D eigenvalue weighted by atomic mass is 15.1. The second-order valence-electron chi connectivity index (χ2n) is 4.13. The lowest BCUT2D eigenvalue weighted by Crippen LogP contribution is -2.08. The van der Waals surface area contributed by atoms with Gasteiger partial charge in [0.2, 0.25) is 0 Å². The Balaban J connectivity index is 2.41. The molecule has 0 atom stereocenters. The number of nitrogens with one attached hydrogen (secondary N) is 1. The number of hydrogen-bond donors (Lipinski definition) is 1. The fraction of sp³-hybridized carbons (Fsp3) is 0.357. The van der Waals surface area contributed by atoms with E-state index in [4.69, 9.17) is 0 Å². The predicted molar refractivity (Wildman–Crippen MR) is 70.7 cm³/mol. The Bertz CT molecular complexity index is 474. The topological polar surface area (TPSA) is 29.9 Å². The minimum absolute atomic E-state index is 0.870. The Morgan fingerprint density at radius 2 is 2.12 bits per heavy atom. The summed E-state index contributed by atoms with van der Waals surface area (Å²) in [7, 11) is 1.97. The molecule has 3 heteroatoms. The standard InChI is InChI=1S/C14H19N3/c1-3-9-17-10-8-16-14(17)13-7-5-4-6-12(13)11-15-2/h4-8,10,15H,3,9,11H2,1-2H3. The molecule has 0 amide bonds. The molecule has 0 fully saturated rings. The highest BCUT2D eigenvalue weighted by molar-refractivity contribution is 5.60. The summed E-state index contributed by atoms with van der Waals surface area (Å²) in [6, 6.07) is 8.43. The zero-order valence-corrected chi connectivity index (χ0v) is 10.5. The molecular weight excluding hydrogens is 210 g/mol. The molecule has 0 spiro atoms. The van der Waals surface area contributed by atoms with Crippen LogP contribution in [-0.4, -0.2) is 16.6 Å². The molecular formula is C14H19N3. The third-order valence-electron chi connectivity index (χ3n) is 2.81. The van der Waals surface area contributed by atoms with Crippen LogP contribution in [0, 0.1) is 0 Å². The first-order chi connectivity index (χ1) is 8.36. The molecule has 17 heavy (non-hydrogen) atoms. The molecule has 0 aliphatic rings. The van der Waals surface area contributed by atoms with E-state index in [-0.39, 0.29) is 0 Å². The Morgan fingerprint density at radius 3 is 2.88 bits per heavy atom. The van der Waals surface area contributed by atoms with Crippen molar-refractivity contribution < 1.29 is 0 Å². The van der Waals surface area contributed by atoms with Crippen molar-refractivity contribution in [1.82, 2.24) is 14.9 Å². The van der Waals surface area contributed by atoms with E-state index in [9.17, 15) is 0 Å². The molecule has 1 N–H and O–H groups in total. The van der Waals surface area contributed by atoms with E-state index in [1.165, 1.54) is 11.1 Å². The maximum Gasteiger partial charge on any atom is 0.140 e. The first kappa shape index (κ1) is 11.9. The minimum Gasteiger partial charge on any atom is -0.331 e. The van der Waals surface area contributed by atoms with Gasteiger partial charge in [-0.25, -0.2) is 4.98 Å². The largest absolute Gasteiger partial charge is 0.331 e. The van der Waals surface area contributed by atoms with Crippen LogP contribution in [0.4, 0.5) is 0 Å². The van der Waals surface area contributed by atoms with Crippen LogP contribution < -0.4 is 5.32 Å². The van der Waals surface area contributed by atoms with Crippen molar-refractivity contribution in [2.24, 2.45) is 0 Å². The van der Waals surface area contributed by atoms with Gasteiger partial charge in [0.15, 0.2) is 0 Å². The van der Waals surface area contributed by atoms with Gasteiger partial charge in [-0.15, -0.1) is 0 Å². The van der Waals surface area contributed by atoms with E-state index in [1.54, 1.807) is 0 Å². The van der Waals surface area contributed by atoms with Crippen molar-refractivity contribution in [2.75, 3.05) is 7.05 Å². The first-order valence-electron chi connectivity index (χ1n) is 6.10. The molecule has 1 aromatic carbocycles. The number of benzene rings is 1. The minimum atomic E-state index is 0.870. The van der Waals surface area contributed by atoms with Crippen LogP contribution in [0.3, 0.4) is 0 Å². The van der Waals surface area contributed by atoms with Crippen LogP contribution in [0.15, 0.2) is 36.7 Å². The number of imidazole rings is 1. The molecule has 90 valence electrons. The van der Waals surface area contributed by atoms with Gasteiger partial charge in [-0.1, -0.05) is 31.2 Å². The van der Waals surface area contributed by atoms with Gasteiger partial charge >= 0.3 is 0 Å². The van der Waals surface area contributed by atoms with Gasteiger partial charge in [0.25, 0.3) is 0 Å². The molecule has 3 nitrogen and oxygen atoms in total. The van der Waals surface area contributed by atoms with Crippen molar-refractivity contribution in [3.05, 3.63) is 42.2 Å². The Hall–Kier alpha value is -1.61. The monoisotopic (exact) mass is 229 g/mol.